The van der Waals surface area contributed by atoms with Gasteiger partial charge in [-0.1, -0.05) is 28.1 Å². The van der Waals surface area contributed by atoms with Crippen molar-refractivity contribution < 1.29 is 14.7 Å². The summed E-state index contributed by atoms with van der Waals surface area (Å²) in [6.45, 7) is 3.21. The molecule has 0 fully saturated rings. The Hall–Kier alpha value is -1.36. The van der Waals surface area contributed by atoms with Gasteiger partial charge in [-0.25, -0.2) is 0 Å². The fourth-order valence-electron chi connectivity index (χ4n) is 1.33. The van der Waals surface area contributed by atoms with E-state index in [4.69, 9.17) is 5.11 Å². The van der Waals surface area contributed by atoms with Crippen molar-refractivity contribution in [2.24, 2.45) is 5.41 Å². The van der Waals surface area contributed by atoms with E-state index in [-0.39, 0.29) is 0 Å². The number of rotatable bonds is 5. The minimum Gasteiger partial charge on any atom is -0.480 e. The molecule has 1 amide bonds. The lowest BCUT2D eigenvalue weighted by Gasteiger charge is -2.18. The number of halogens is 1. The van der Waals surface area contributed by atoms with Crippen LogP contribution in [0.1, 0.15) is 19.4 Å². The quantitative estimate of drug-likeness (QED) is 0.819. The number of benzene rings is 1. The van der Waals surface area contributed by atoms with E-state index in [1.165, 1.54) is 13.8 Å². The molecule has 1 rings (SSSR count). The molecule has 18 heavy (non-hydrogen) atoms. The average Bonchev–Trinajstić information content (AvgIpc) is 2.28. The van der Waals surface area contributed by atoms with Gasteiger partial charge in [-0.05, 0) is 38.0 Å². The summed E-state index contributed by atoms with van der Waals surface area (Å²) in [4.78, 5) is 22.5. The van der Waals surface area contributed by atoms with Crippen LogP contribution in [0.3, 0.4) is 0 Å². The van der Waals surface area contributed by atoms with Crippen molar-refractivity contribution >= 4 is 27.8 Å². The maximum Gasteiger partial charge on any atom is 0.318 e. The molecule has 0 aliphatic carbocycles. The van der Waals surface area contributed by atoms with E-state index in [2.05, 4.69) is 21.2 Å². The summed E-state index contributed by atoms with van der Waals surface area (Å²) in [5, 5.41) is 11.5. The zero-order valence-electron chi connectivity index (χ0n) is 10.4. The second kappa shape index (κ2) is 6.00. The highest BCUT2D eigenvalue weighted by atomic mass is 79.9. The molecule has 0 radical (unpaired) electrons. The van der Waals surface area contributed by atoms with E-state index < -0.39 is 17.3 Å². The summed E-state index contributed by atoms with van der Waals surface area (Å²) < 4.78 is 0.984. The molecular weight excluding hydrogens is 298 g/mol. The number of carbonyl (C=O) groups excluding carboxylic acids is 1. The van der Waals surface area contributed by atoms with Crippen LogP contribution >= 0.6 is 15.9 Å². The highest BCUT2D eigenvalue weighted by Gasteiger charge is 2.35. The monoisotopic (exact) mass is 313 g/mol. The fraction of sp³-hybridized carbons (Fsp3) is 0.385. The summed E-state index contributed by atoms with van der Waals surface area (Å²) in [5.41, 5.74) is -0.310. The molecular formula is C13H16BrNO3. The van der Waals surface area contributed by atoms with Crippen LogP contribution in [0, 0.1) is 5.41 Å². The Morgan fingerprint density at radius 3 is 2.61 bits per heavy atom. The Kier molecular flexibility index (Phi) is 4.90. The number of nitrogens with one attached hydrogen (secondary N) is 1. The number of carboxylic acids is 1. The number of carbonyl (C=O) groups is 2. The second-order valence-corrected chi connectivity index (χ2v) is 5.48. The number of carboxylic acid groups (broad SMARTS) is 1. The second-order valence-electron chi connectivity index (χ2n) is 4.57. The first-order valence-corrected chi connectivity index (χ1v) is 6.39. The van der Waals surface area contributed by atoms with E-state index in [9.17, 15) is 9.59 Å². The normalized spacial score (nSPS) is 11.1. The third kappa shape index (κ3) is 3.84. The average molecular weight is 314 g/mol. The van der Waals surface area contributed by atoms with Crippen LogP contribution in [0.5, 0.6) is 0 Å². The van der Waals surface area contributed by atoms with Gasteiger partial charge in [-0.3, -0.25) is 9.59 Å². The minimum absolute atomic E-state index is 0.423. The number of aliphatic carboxylic acids is 1. The van der Waals surface area contributed by atoms with E-state index in [1.807, 2.05) is 24.3 Å². The predicted molar refractivity (Wildman–Crippen MR) is 72.3 cm³/mol. The largest absolute Gasteiger partial charge is 0.480 e. The summed E-state index contributed by atoms with van der Waals surface area (Å²) in [5.74, 6) is -1.59. The van der Waals surface area contributed by atoms with E-state index in [0.29, 0.717) is 13.0 Å². The van der Waals surface area contributed by atoms with Gasteiger partial charge in [0.1, 0.15) is 5.41 Å². The molecule has 1 aromatic carbocycles. The standard InChI is InChI=1S/C13H16BrNO3/c1-13(2,12(17)18)11(16)15-7-6-9-4-3-5-10(14)8-9/h3-5,8H,6-7H2,1-2H3,(H,15,16)(H,17,18). The summed E-state index contributed by atoms with van der Waals surface area (Å²) in [6.07, 6.45) is 0.668. The van der Waals surface area contributed by atoms with Crippen LogP contribution in [-0.4, -0.2) is 23.5 Å². The molecule has 0 aliphatic rings. The lowest BCUT2D eigenvalue weighted by Crippen LogP contribution is -2.42. The lowest BCUT2D eigenvalue weighted by atomic mass is 9.92. The first-order valence-electron chi connectivity index (χ1n) is 5.60. The fourth-order valence-corrected chi connectivity index (χ4v) is 1.78. The number of amides is 1. The van der Waals surface area contributed by atoms with Gasteiger partial charge in [-0.15, -0.1) is 0 Å². The third-order valence-corrected chi connectivity index (χ3v) is 3.18. The van der Waals surface area contributed by atoms with Crippen molar-refractivity contribution in [2.75, 3.05) is 6.54 Å². The van der Waals surface area contributed by atoms with Crippen molar-refractivity contribution in [2.45, 2.75) is 20.3 Å². The Labute approximate surface area is 115 Å². The molecule has 5 heteroatoms. The molecule has 0 unspecified atom stereocenters. The third-order valence-electron chi connectivity index (χ3n) is 2.69. The van der Waals surface area contributed by atoms with Crippen molar-refractivity contribution in [3.8, 4) is 0 Å². The van der Waals surface area contributed by atoms with E-state index in [1.54, 1.807) is 0 Å². The summed E-state index contributed by atoms with van der Waals surface area (Å²) >= 11 is 3.37. The van der Waals surface area contributed by atoms with Crippen LogP contribution in [0.25, 0.3) is 0 Å². The molecule has 0 bridgehead atoms. The molecule has 0 aliphatic heterocycles. The molecule has 1 aromatic rings. The van der Waals surface area contributed by atoms with Crippen molar-refractivity contribution in [3.63, 3.8) is 0 Å². The first-order chi connectivity index (χ1) is 8.34. The summed E-state index contributed by atoms with van der Waals surface area (Å²) in [7, 11) is 0. The zero-order chi connectivity index (χ0) is 13.8. The highest BCUT2D eigenvalue weighted by Crippen LogP contribution is 2.15. The molecule has 0 saturated carbocycles. The molecule has 0 spiro atoms. The SMILES string of the molecule is CC(C)(C(=O)O)C(=O)NCCc1cccc(Br)c1. The highest BCUT2D eigenvalue weighted by molar-refractivity contribution is 9.10. The van der Waals surface area contributed by atoms with Gasteiger partial charge in [0.2, 0.25) is 5.91 Å². The van der Waals surface area contributed by atoms with Crippen LogP contribution in [-0.2, 0) is 16.0 Å². The van der Waals surface area contributed by atoms with E-state index >= 15 is 0 Å². The van der Waals surface area contributed by atoms with Gasteiger partial charge in [0.15, 0.2) is 0 Å². The smallest absolute Gasteiger partial charge is 0.318 e. The first kappa shape index (κ1) is 14.7. The van der Waals surface area contributed by atoms with Crippen molar-refractivity contribution in [1.82, 2.24) is 5.32 Å². The molecule has 2 N–H and O–H groups in total. The van der Waals surface area contributed by atoms with Gasteiger partial charge in [0, 0.05) is 11.0 Å². The Balaban J connectivity index is 2.48. The summed E-state index contributed by atoms with van der Waals surface area (Å²) in [6, 6.07) is 7.77. The molecule has 0 aromatic heterocycles. The maximum atomic E-state index is 11.7. The van der Waals surface area contributed by atoms with Gasteiger partial charge in [0.25, 0.3) is 0 Å². The Bertz CT molecular complexity index is 457. The number of hydrogen-bond donors (Lipinski definition) is 2. The van der Waals surface area contributed by atoms with Crippen LogP contribution in [0.2, 0.25) is 0 Å². The van der Waals surface area contributed by atoms with Gasteiger partial charge < -0.3 is 10.4 Å². The molecule has 0 saturated heterocycles. The lowest BCUT2D eigenvalue weighted by molar-refractivity contribution is -0.153. The topological polar surface area (TPSA) is 66.4 Å². The van der Waals surface area contributed by atoms with Gasteiger partial charge in [-0.2, -0.15) is 0 Å². The predicted octanol–water partition coefficient (Wildman–Crippen LogP) is 2.22. The maximum absolute atomic E-state index is 11.7. The molecule has 4 nitrogen and oxygen atoms in total. The molecule has 0 heterocycles. The Morgan fingerprint density at radius 2 is 2.06 bits per heavy atom. The van der Waals surface area contributed by atoms with Gasteiger partial charge in [0.05, 0.1) is 0 Å². The molecule has 0 atom stereocenters. The van der Waals surface area contributed by atoms with Crippen LogP contribution in [0.15, 0.2) is 28.7 Å². The van der Waals surface area contributed by atoms with Crippen molar-refractivity contribution in [3.05, 3.63) is 34.3 Å². The van der Waals surface area contributed by atoms with Crippen LogP contribution in [0.4, 0.5) is 0 Å². The van der Waals surface area contributed by atoms with Gasteiger partial charge >= 0.3 is 5.97 Å². The van der Waals surface area contributed by atoms with E-state index in [0.717, 1.165) is 10.0 Å². The van der Waals surface area contributed by atoms with Crippen molar-refractivity contribution in [1.29, 1.82) is 0 Å². The minimum atomic E-state index is -1.39. The molecule has 98 valence electrons. The zero-order valence-corrected chi connectivity index (χ0v) is 12.0. The Morgan fingerprint density at radius 1 is 1.39 bits per heavy atom. The van der Waals surface area contributed by atoms with Crippen LogP contribution < -0.4 is 5.32 Å². The number of hydrogen-bond acceptors (Lipinski definition) is 2.